The van der Waals surface area contributed by atoms with Crippen LogP contribution in [0, 0.1) is 13.8 Å². The molecule has 3 heteroatoms. The van der Waals surface area contributed by atoms with E-state index in [2.05, 4.69) is 20.9 Å². The first-order valence-corrected chi connectivity index (χ1v) is 4.29. The Hall–Kier alpha value is -0.920. The highest BCUT2D eigenvalue weighted by atomic mass is 79.9. The lowest BCUT2D eigenvalue weighted by Crippen LogP contribution is -1.81. The van der Waals surface area contributed by atoms with Crippen molar-refractivity contribution in [3.05, 3.63) is 27.7 Å². The zero-order valence-corrected chi connectivity index (χ0v) is 8.47. The van der Waals surface area contributed by atoms with Gasteiger partial charge in [-0.2, -0.15) is 4.99 Å². The molecule has 0 amide bonds. The molecule has 0 saturated heterocycles. The van der Waals surface area contributed by atoms with Crippen LogP contribution in [0.5, 0.6) is 0 Å². The van der Waals surface area contributed by atoms with Crippen LogP contribution < -0.4 is 0 Å². The lowest BCUT2D eigenvalue weighted by molar-refractivity contribution is 0.565. The molecule has 62 valence electrons. The largest absolute Gasteiger partial charge is 0.240 e. The molecule has 0 atom stereocenters. The van der Waals surface area contributed by atoms with Gasteiger partial charge < -0.3 is 0 Å². The van der Waals surface area contributed by atoms with Crippen molar-refractivity contribution in [1.29, 1.82) is 0 Å². The highest BCUT2D eigenvalue weighted by molar-refractivity contribution is 9.10. The predicted molar refractivity (Wildman–Crippen MR) is 51.4 cm³/mol. The van der Waals surface area contributed by atoms with Gasteiger partial charge in [0.1, 0.15) is 0 Å². The van der Waals surface area contributed by atoms with E-state index < -0.39 is 0 Å². The number of aliphatic imine (C=N–C) groups is 1. The SMILES string of the molecule is Cc1cc(Br)cc(N=C=O)c1C. The Labute approximate surface area is 79.5 Å². The van der Waals surface area contributed by atoms with Gasteiger partial charge in [-0.05, 0) is 37.1 Å². The molecular formula is C9H8BrNO. The molecule has 0 spiro atoms. The normalized spacial score (nSPS) is 9.25. The minimum atomic E-state index is 0.678. The molecule has 2 nitrogen and oxygen atoms in total. The van der Waals surface area contributed by atoms with Crippen molar-refractivity contribution in [2.75, 3.05) is 0 Å². The lowest BCUT2D eigenvalue weighted by atomic mass is 10.1. The Morgan fingerprint density at radius 2 is 2.08 bits per heavy atom. The second-order valence-electron chi connectivity index (χ2n) is 2.57. The molecule has 0 aliphatic heterocycles. The Morgan fingerprint density at radius 1 is 1.42 bits per heavy atom. The number of nitrogens with zero attached hydrogens (tertiary/aromatic N) is 1. The number of hydrogen-bond donors (Lipinski definition) is 0. The minimum Gasteiger partial charge on any atom is -0.211 e. The summed E-state index contributed by atoms with van der Waals surface area (Å²) in [4.78, 5) is 13.6. The summed E-state index contributed by atoms with van der Waals surface area (Å²) in [5.41, 5.74) is 2.80. The summed E-state index contributed by atoms with van der Waals surface area (Å²) in [5, 5.41) is 0. The molecule has 0 aliphatic carbocycles. The summed E-state index contributed by atoms with van der Waals surface area (Å²) < 4.78 is 0.930. The van der Waals surface area contributed by atoms with Crippen LogP contribution in [0.2, 0.25) is 0 Å². The maximum Gasteiger partial charge on any atom is 0.240 e. The third kappa shape index (κ3) is 1.81. The van der Waals surface area contributed by atoms with Gasteiger partial charge in [-0.25, -0.2) is 4.79 Å². The quantitative estimate of drug-likeness (QED) is 0.534. The molecule has 0 heterocycles. The van der Waals surface area contributed by atoms with Crippen molar-refractivity contribution in [2.45, 2.75) is 13.8 Å². The summed E-state index contributed by atoms with van der Waals surface area (Å²) in [6.45, 7) is 3.90. The maximum atomic E-state index is 10.0. The number of halogens is 1. The van der Waals surface area contributed by atoms with Crippen molar-refractivity contribution in [3.8, 4) is 0 Å². The zero-order chi connectivity index (χ0) is 9.14. The Morgan fingerprint density at radius 3 is 2.67 bits per heavy atom. The van der Waals surface area contributed by atoms with Crippen molar-refractivity contribution in [3.63, 3.8) is 0 Å². The molecule has 1 rings (SSSR count). The van der Waals surface area contributed by atoms with Crippen LogP contribution in [0.4, 0.5) is 5.69 Å². The van der Waals surface area contributed by atoms with Crippen LogP contribution in [-0.4, -0.2) is 6.08 Å². The third-order valence-corrected chi connectivity index (χ3v) is 2.23. The smallest absolute Gasteiger partial charge is 0.211 e. The summed E-state index contributed by atoms with van der Waals surface area (Å²) in [5.74, 6) is 0. The number of hydrogen-bond acceptors (Lipinski definition) is 2. The fraction of sp³-hybridized carbons (Fsp3) is 0.222. The summed E-state index contributed by atoms with van der Waals surface area (Å²) in [6.07, 6.45) is 1.53. The molecule has 0 N–H and O–H groups in total. The molecular weight excluding hydrogens is 218 g/mol. The van der Waals surface area contributed by atoms with Gasteiger partial charge in [-0.1, -0.05) is 15.9 Å². The first-order chi connectivity index (χ1) is 5.65. The summed E-state index contributed by atoms with van der Waals surface area (Å²) in [7, 11) is 0. The highest BCUT2D eigenvalue weighted by Crippen LogP contribution is 2.26. The van der Waals surface area contributed by atoms with Gasteiger partial charge in [0.2, 0.25) is 6.08 Å². The van der Waals surface area contributed by atoms with E-state index in [0.717, 1.165) is 15.6 Å². The number of rotatable bonds is 1. The van der Waals surface area contributed by atoms with Crippen molar-refractivity contribution < 1.29 is 4.79 Å². The van der Waals surface area contributed by atoms with E-state index in [9.17, 15) is 4.79 Å². The average Bonchev–Trinajstić information content (AvgIpc) is 2.00. The van der Waals surface area contributed by atoms with E-state index in [1.165, 1.54) is 6.08 Å². The molecule has 0 unspecified atom stereocenters. The lowest BCUT2D eigenvalue weighted by Gasteiger charge is -2.02. The molecule has 0 aromatic heterocycles. The predicted octanol–water partition coefficient (Wildman–Crippen LogP) is 3.03. The van der Waals surface area contributed by atoms with Crippen LogP contribution in [0.3, 0.4) is 0 Å². The van der Waals surface area contributed by atoms with E-state index >= 15 is 0 Å². The summed E-state index contributed by atoms with van der Waals surface area (Å²) in [6, 6.07) is 3.78. The molecule has 1 aromatic carbocycles. The molecule has 0 bridgehead atoms. The van der Waals surface area contributed by atoms with Crippen molar-refractivity contribution in [1.82, 2.24) is 0 Å². The Bertz CT molecular complexity index is 354. The number of isocyanates is 1. The second-order valence-corrected chi connectivity index (χ2v) is 3.49. The van der Waals surface area contributed by atoms with Gasteiger partial charge in [0.25, 0.3) is 0 Å². The number of carbonyl (C=O) groups excluding carboxylic acids is 1. The molecule has 0 saturated carbocycles. The molecule has 1 aromatic rings. The van der Waals surface area contributed by atoms with Crippen LogP contribution in [0.25, 0.3) is 0 Å². The van der Waals surface area contributed by atoms with Gasteiger partial charge in [0.05, 0.1) is 5.69 Å². The Balaban J connectivity index is 3.36. The van der Waals surface area contributed by atoms with E-state index in [4.69, 9.17) is 0 Å². The highest BCUT2D eigenvalue weighted by Gasteiger charge is 2.01. The van der Waals surface area contributed by atoms with Gasteiger partial charge >= 0.3 is 0 Å². The average molecular weight is 226 g/mol. The first kappa shape index (κ1) is 9.17. The summed E-state index contributed by atoms with van der Waals surface area (Å²) >= 11 is 3.33. The van der Waals surface area contributed by atoms with Crippen molar-refractivity contribution >= 4 is 27.7 Å². The second kappa shape index (κ2) is 3.65. The van der Waals surface area contributed by atoms with Crippen LogP contribution in [-0.2, 0) is 4.79 Å². The fourth-order valence-corrected chi connectivity index (χ4v) is 1.52. The first-order valence-electron chi connectivity index (χ1n) is 3.50. The van der Waals surface area contributed by atoms with E-state index in [-0.39, 0.29) is 0 Å². The monoisotopic (exact) mass is 225 g/mol. The maximum absolute atomic E-state index is 10.0. The Kier molecular flexibility index (Phi) is 2.79. The van der Waals surface area contributed by atoms with E-state index in [0.29, 0.717) is 5.69 Å². The topological polar surface area (TPSA) is 29.4 Å². The standard InChI is InChI=1S/C9H8BrNO/c1-6-3-8(10)4-9(7(6)2)11-5-12/h3-4H,1-2H3. The minimum absolute atomic E-state index is 0.678. The van der Waals surface area contributed by atoms with E-state index in [1.54, 1.807) is 6.07 Å². The van der Waals surface area contributed by atoms with Gasteiger partial charge in [0.15, 0.2) is 0 Å². The van der Waals surface area contributed by atoms with E-state index in [1.807, 2.05) is 19.9 Å². The van der Waals surface area contributed by atoms with Gasteiger partial charge in [-0.15, -0.1) is 0 Å². The number of aryl methyl sites for hydroxylation is 1. The van der Waals surface area contributed by atoms with Crippen LogP contribution in [0.1, 0.15) is 11.1 Å². The fourth-order valence-electron chi connectivity index (χ4n) is 0.963. The van der Waals surface area contributed by atoms with Crippen LogP contribution >= 0.6 is 15.9 Å². The van der Waals surface area contributed by atoms with Gasteiger partial charge in [0, 0.05) is 4.47 Å². The third-order valence-electron chi connectivity index (χ3n) is 1.77. The zero-order valence-electron chi connectivity index (χ0n) is 6.89. The van der Waals surface area contributed by atoms with Crippen molar-refractivity contribution in [2.24, 2.45) is 4.99 Å². The van der Waals surface area contributed by atoms with Crippen LogP contribution in [0.15, 0.2) is 21.6 Å². The molecule has 0 fully saturated rings. The molecule has 0 aliphatic rings. The number of benzene rings is 1. The molecule has 0 radical (unpaired) electrons. The molecule has 12 heavy (non-hydrogen) atoms. The van der Waals surface area contributed by atoms with Gasteiger partial charge in [-0.3, -0.25) is 0 Å².